The monoisotopic (exact) mass is 499 g/mol. The lowest BCUT2D eigenvalue weighted by molar-refractivity contribution is -0.131. The van der Waals surface area contributed by atoms with Crippen LogP contribution in [0.1, 0.15) is 44.6 Å². The Bertz CT molecular complexity index is 1070. The van der Waals surface area contributed by atoms with Crippen molar-refractivity contribution in [3.63, 3.8) is 0 Å². The van der Waals surface area contributed by atoms with E-state index in [0.717, 1.165) is 55.8 Å². The number of hydrogen-bond donors (Lipinski definition) is 0. The van der Waals surface area contributed by atoms with Crippen LogP contribution in [-0.4, -0.2) is 69.4 Å². The van der Waals surface area contributed by atoms with Crippen molar-refractivity contribution in [1.29, 1.82) is 0 Å². The van der Waals surface area contributed by atoms with Gasteiger partial charge in [-0.05, 0) is 56.0 Å². The highest BCUT2D eigenvalue weighted by Gasteiger charge is 2.25. The van der Waals surface area contributed by atoms with Crippen LogP contribution in [0.15, 0.2) is 53.4 Å². The third-order valence-electron chi connectivity index (χ3n) is 6.89. The van der Waals surface area contributed by atoms with E-state index in [4.69, 9.17) is 4.74 Å². The maximum absolute atomic E-state index is 13.0. The molecule has 2 fully saturated rings. The minimum absolute atomic E-state index is 0.143. The maximum atomic E-state index is 13.0. The van der Waals surface area contributed by atoms with E-state index in [9.17, 15) is 13.2 Å². The molecule has 8 heteroatoms. The number of carbonyl (C=O) groups excluding carboxylic acids is 1. The molecule has 2 saturated heterocycles. The van der Waals surface area contributed by atoms with Crippen LogP contribution in [0.5, 0.6) is 5.75 Å². The zero-order valence-electron chi connectivity index (χ0n) is 20.7. The first-order valence-electron chi connectivity index (χ1n) is 12.8. The summed E-state index contributed by atoms with van der Waals surface area (Å²) in [5.74, 6) is 1.03. The molecule has 0 N–H and O–H groups in total. The Balaban J connectivity index is 1.28. The van der Waals surface area contributed by atoms with Crippen molar-refractivity contribution in [3.8, 4) is 5.75 Å². The van der Waals surface area contributed by atoms with Gasteiger partial charge in [-0.15, -0.1) is 0 Å². The molecule has 0 aromatic heterocycles. The largest absolute Gasteiger partial charge is 0.492 e. The smallest absolute Gasteiger partial charge is 0.243 e. The molecule has 2 heterocycles. The molecular weight excluding hydrogens is 462 g/mol. The highest BCUT2D eigenvalue weighted by molar-refractivity contribution is 7.89. The van der Waals surface area contributed by atoms with Crippen LogP contribution in [-0.2, 0) is 21.2 Å². The second kappa shape index (κ2) is 11.9. The second-order valence-electron chi connectivity index (χ2n) is 9.23. The Morgan fingerprint density at radius 1 is 0.857 bits per heavy atom. The Kier molecular flexibility index (Phi) is 8.68. The standard InChI is InChI=1S/C27H37N3O4S/c1-2-34-26-10-6-5-9-25(26)28-19-21-29(22-20-28)27(31)16-13-23-11-14-24(15-12-23)35(32,33)30-17-7-3-4-8-18-30/h5-6,9-12,14-15H,2-4,7-8,13,16-22H2,1H3. The van der Waals surface area contributed by atoms with Gasteiger partial charge in [-0.25, -0.2) is 8.42 Å². The lowest BCUT2D eigenvalue weighted by atomic mass is 10.1. The van der Waals surface area contributed by atoms with Gasteiger partial charge in [-0.2, -0.15) is 4.31 Å². The molecular formula is C27H37N3O4S. The first kappa shape index (κ1) is 25.5. The van der Waals surface area contributed by atoms with Crippen LogP contribution in [0, 0.1) is 0 Å². The number of anilines is 1. The van der Waals surface area contributed by atoms with E-state index in [2.05, 4.69) is 11.0 Å². The van der Waals surface area contributed by atoms with Crippen molar-refractivity contribution >= 4 is 21.6 Å². The van der Waals surface area contributed by atoms with Crippen molar-refractivity contribution in [3.05, 3.63) is 54.1 Å². The summed E-state index contributed by atoms with van der Waals surface area (Å²) >= 11 is 0. The van der Waals surface area contributed by atoms with Crippen molar-refractivity contribution in [2.24, 2.45) is 0 Å². The molecule has 4 rings (SSSR count). The predicted molar refractivity (Wildman–Crippen MR) is 138 cm³/mol. The summed E-state index contributed by atoms with van der Waals surface area (Å²) in [4.78, 5) is 17.4. The number of piperazine rings is 1. The Morgan fingerprint density at radius 3 is 2.17 bits per heavy atom. The van der Waals surface area contributed by atoms with Gasteiger partial charge < -0.3 is 14.5 Å². The summed E-state index contributed by atoms with van der Waals surface area (Å²) in [5.41, 5.74) is 2.06. The molecule has 0 bridgehead atoms. The number of carbonyl (C=O) groups is 1. The number of hydrogen-bond acceptors (Lipinski definition) is 5. The molecule has 2 aromatic carbocycles. The summed E-state index contributed by atoms with van der Waals surface area (Å²) in [5, 5.41) is 0. The van der Waals surface area contributed by atoms with Crippen molar-refractivity contribution in [2.75, 3.05) is 50.8 Å². The van der Waals surface area contributed by atoms with Gasteiger partial charge in [-0.3, -0.25) is 4.79 Å². The number of aryl methyl sites for hydroxylation is 1. The number of rotatable bonds is 8. The fourth-order valence-corrected chi connectivity index (χ4v) is 6.38. The normalized spacial score (nSPS) is 17.7. The average Bonchev–Trinajstić information content (AvgIpc) is 3.19. The SMILES string of the molecule is CCOc1ccccc1N1CCN(C(=O)CCc2ccc(S(=O)(=O)N3CCCCCC3)cc2)CC1. The first-order chi connectivity index (χ1) is 17.0. The third-order valence-corrected chi connectivity index (χ3v) is 8.80. The fourth-order valence-electron chi connectivity index (χ4n) is 4.86. The molecule has 0 atom stereocenters. The van der Waals surface area contributed by atoms with Gasteiger partial charge in [0.25, 0.3) is 0 Å². The Labute approximate surface area is 209 Å². The second-order valence-corrected chi connectivity index (χ2v) is 11.2. The number of benzene rings is 2. The molecule has 0 unspecified atom stereocenters. The van der Waals surface area contributed by atoms with Crippen LogP contribution in [0.3, 0.4) is 0 Å². The van der Waals surface area contributed by atoms with E-state index in [0.29, 0.717) is 50.5 Å². The summed E-state index contributed by atoms with van der Waals surface area (Å²) in [6, 6.07) is 15.1. The third kappa shape index (κ3) is 6.35. The highest BCUT2D eigenvalue weighted by atomic mass is 32.2. The van der Waals surface area contributed by atoms with Gasteiger partial charge in [0.05, 0.1) is 17.2 Å². The fraction of sp³-hybridized carbons (Fsp3) is 0.519. The van der Waals surface area contributed by atoms with Crippen LogP contribution < -0.4 is 9.64 Å². The molecule has 35 heavy (non-hydrogen) atoms. The molecule has 2 aliphatic heterocycles. The quantitative estimate of drug-likeness (QED) is 0.550. The maximum Gasteiger partial charge on any atom is 0.243 e. The van der Waals surface area contributed by atoms with E-state index in [1.54, 1.807) is 16.4 Å². The number of para-hydroxylation sites is 2. The van der Waals surface area contributed by atoms with E-state index < -0.39 is 10.0 Å². The molecule has 7 nitrogen and oxygen atoms in total. The van der Waals surface area contributed by atoms with Crippen LogP contribution in [0.25, 0.3) is 0 Å². The Hall–Kier alpha value is -2.58. The molecule has 2 aliphatic rings. The molecule has 2 aromatic rings. The summed E-state index contributed by atoms with van der Waals surface area (Å²) in [6.07, 6.45) is 5.06. The lowest BCUT2D eigenvalue weighted by Gasteiger charge is -2.36. The highest BCUT2D eigenvalue weighted by Crippen LogP contribution is 2.29. The predicted octanol–water partition coefficient (Wildman–Crippen LogP) is 3.93. The van der Waals surface area contributed by atoms with Gasteiger partial charge in [0.15, 0.2) is 0 Å². The van der Waals surface area contributed by atoms with Crippen LogP contribution >= 0.6 is 0 Å². The van der Waals surface area contributed by atoms with Crippen molar-refractivity contribution < 1.29 is 17.9 Å². The zero-order chi connectivity index (χ0) is 24.7. The van der Waals surface area contributed by atoms with Gasteiger partial charge in [-0.1, -0.05) is 37.1 Å². The molecule has 0 spiro atoms. The molecule has 0 saturated carbocycles. The van der Waals surface area contributed by atoms with Crippen molar-refractivity contribution in [2.45, 2.75) is 50.3 Å². The number of amides is 1. The zero-order valence-corrected chi connectivity index (χ0v) is 21.5. The number of sulfonamides is 1. The van der Waals surface area contributed by atoms with E-state index >= 15 is 0 Å². The molecule has 1 amide bonds. The van der Waals surface area contributed by atoms with E-state index in [-0.39, 0.29) is 5.91 Å². The lowest BCUT2D eigenvalue weighted by Crippen LogP contribution is -2.49. The molecule has 190 valence electrons. The first-order valence-corrected chi connectivity index (χ1v) is 14.3. The summed E-state index contributed by atoms with van der Waals surface area (Å²) < 4.78 is 33.3. The van der Waals surface area contributed by atoms with E-state index in [1.807, 2.05) is 42.2 Å². The summed E-state index contributed by atoms with van der Waals surface area (Å²) in [6.45, 7) is 6.73. The van der Waals surface area contributed by atoms with E-state index in [1.165, 1.54) is 0 Å². The van der Waals surface area contributed by atoms with Gasteiger partial charge in [0, 0.05) is 45.7 Å². The van der Waals surface area contributed by atoms with Crippen LogP contribution in [0.4, 0.5) is 5.69 Å². The summed E-state index contributed by atoms with van der Waals surface area (Å²) in [7, 11) is -3.44. The van der Waals surface area contributed by atoms with Gasteiger partial charge in [0.2, 0.25) is 15.9 Å². The molecule has 0 aliphatic carbocycles. The minimum atomic E-state index is -3.44. The average molecular weight is 500 g/mol. The Morgan fingerprint density at radius 2 is 1.51 bits per heavy atom. The van der Waals surface area contributed by atoms with Gasteiger partial charge in [0.1, 0.15) is 5.75 Å². The number of nitrogens with zero attached hydrogens (tertiary/aromatic N) is 3. The van der Waals surface area contributed by atoms with Crippen LogP contribution in [0.2, 0.25) is 0 Å². The number of ether oxygens (including phenoxy) is 1. The topological polar surface area (TPSA) is 70.2 Å². The van der Waals surface area contributed by atoms with Gasteiger partial charge >= 0.3 is 0 Å². The van der Waals surface area contributed by atoms with Crippen molar-refractivity contribution in [1.82, 2.24) is 9.21 Å². The minimum Gasteiger partial charge on any atom is -0.492 e. The molecule has 0 radical (unpaired) electrons.